The fourth-order valence-corrected chi connectivity index (χ4v) is 2.92. The van der Waals surface area contributed by atoms with Gasteiger partial charge in [0.25, 0.3) is 0 Å². The molecule has 1 aliphatic heterocycles. The van der Waals surface area contributed by atoms with Gasteiger partial charge < -0.3 is 9.84 Å². The number of hydrogen-bond donors (Lipinski definition) is 1. The van der Waals surface area contributed by atoms with E-state index in [1.807, 2.05) is 24.3 Å². The van der Waals surface area contributed by atoms with E-state index in [-0.39, 0.29) is 0 Å². The van der Waals surface area contributed by atoms with E-state index >= 15 is 0 Å². The number of benzene rings is 1. The molecule has 2 atom stereocenters. The minimum Gasteiger partial charge on any atom is -0.338 e. The number of nitrogens with one attached hydrogen (secondary N) is 1. The van der Waals surface area contributed by atoms with E-state index in [0.717, 1.165) is 18.7 Å². The summed E-state index contributed by atoms with van der Waals surface area (Å²) >= 11 is 5.88. The average molecular weight is 307 g/mol. The molecule has 0 bridgehead atoms. The van der Waals surface area contributed by atoms with Crippen molar-refractivity contribution in [1.82, 2.24) is 20.4 Å². The number of piperazine rings is 1. The number of aromatic nitrogens is 2. The molecule has 2 heterocycles. The first kappa shape index (κ1) is 14.5. The minimum atomic E-state index is 0.479. The van der Waals surface area contributed by atoms with E-state index in [4.69, 9.17) is 16.1 Å². The molecular weight excluding hydrogens is 288 g/mol. The van der Waals surface area contributed by atoms with Gasteiger partial charge in [0.15, 0.2) is 0 Å². The van der Waals surface area contributed by atoms with Crippen LogP contribution in [-0.2, 0) is 6.54 Å². The second-order valence-electron chi connectivity index (χ2n) is 5.68. The highest BCUT2D eigenvalue weighted by Crippen LogP contribution is 2.19. The molecule has 0 aliphatic carbocycles. The van der Waals surface area contributed by atoms with Crippen molar-refractivity contribution in [3.05, 3.63) is 35.2 Å². The highest BCUT2D eigenvalue weighted by molar-refractivity contribution is 6.30. The molecule has 5 nitrogen and oxygen atoms in total. The maximum absolute atomic E-state index is 5.88. The van der Waals surface area contributed by atoms with Crippen LogP contribution in [0, 0.1) is 0 Å². The zero-order valence-electron chi connectivity index (χ0n) is 12.2. The Balaban J connectivity index is 1.69. The molecular formula is C15H19ClN4O. The smallest absolute Gasteiger partial charge is 0.241 e. The van der Waals surface area contributed by atoms with Gasteiger partial charge in [0, 0.05) is 35.8 Å². The van der Waals surface area contributed by atoms with Gasteiger partial charge in [0.2, 0.25) is 11.7 Å². The molecule has 0 saturated carbocycles. The molecule has 0 spiro atoms. The first-order valence-corrected chi connectivity index (χ1v) is 7.55. The summed E-state index contributed by atoms with van der Waals surface area (Å²) in [5.74, 6) is 1.26. The van der Waals surface area contributed by atoms with E-state index < -0.39 is 0 Å². The van der Waals surface area contributed by atoms with Gasteiger partial charge in [-0.25, -0.2) is 0 Å². The summed E-state index contributed by atoms with van der Waals surface area (Å²) in [6.07, 6.45) is 0. The van der Waals surface area contributed by atoms with Crippen molar-refractivity contribution in [2.75, 3.05) is 13.1 Å². The Kier molecular flexibility index (Phi) is 4.24. The number of hydrogen-bond acceptors (Lipinski definition) is 5. The van der Waals surface area contributed by atoms with Crippen LogP contribution in [0.3, 0.4) is 0 Å². The second-order valence-corrected chi connectivity index (χ2v) is 6.12. The Bertz CT molecular complexity index is 588. The van der Waals surface area contributed by atoms with Crippen LogP contribution in [0.2, 0.25) is 5.02 Å². The average Bonchev–Trinajstić information content (AvgIpc) is 2.87. The molecule has 1 fully saturated rings. The van der Waals surface area contributed by atoms with E-state index in [2.05, 4.69) is 34.2 Å². The quantitative estimate of drug-likeness (QED) is 0.944. The van der Waals surface area contributed by atoms with Crippen LogP contribution in [0.4, 0.5) is 0 Å². The summed E-state index contributed by atoms with van der Waals surface area (Å²) in [4.78, 5) is 6.81. The van der Waals surface area contributed by atoms with Gasteiger partial charge in [-0.1, -0.05) is 16.8 Å². The monoisotopic (exact) mass is 306 g/mol. The second kappa shape index (κ2) is 6.13. The molecule has 0 radical (unpaired) electrons. The van der Waals surface area contributed by atoms with Gasteiger partial charge in [-0.2, -0.15) is 4.98 Å². The van der Waals surface area contributed by atoms with Crippen LogP contribution < -0.4 is 5.32 Å². The van der Waals surface area contributed by atoms with Gasteiger partial charge >= 0.3 is 0 Å². The summed E-state index contributed by atoms with van der Waals surface area (Å²) in [6.45, 7) is 7.05. The molecule has 2 aromatic rings. The van der Waals surface area contributed by atoms with E-state index in [0.29, 0.717) is 35.4 Å². The largest absolute Gasteiger partial charge is 0.338 e. The third kappa shape index (κ3) is 3.61. The molecule has 112 valence electrons. The van der Waals surface area contributed by atoms with Crippen molar-refractivity contribution >= 4 is 11.6 Å². The van der Waals surface area contributed by atoms with Gasteiger partial charge in [0.05, 0.1) is 6.54 Å². The lowest BCUT2D eigenvalue weighted by Gasteiger charge is -2.35. The molecule has 1 aromatic heterocycles. The van der Waals surface area contributed by atoms with Crippen molar-refractivity contribution < 1.29 is 4.52 Å². The van der Waals surface area contributed by atoms with Gasteiger partial charge in [-0.3, -0.25) is 4.90 Å². The number of nitrogens with zero attached hydrogens (tertiary/aromatic N) is 3. The lowest BCUT2D eigenvalue weighted by atomic mass is 10.1. The van der Waals surface area contributed by atoms with Crippen LogP contribution in [-0.4, -0.2) is 40.2 Å². The predicted octanol–water partition coefficient (Wildman–Crippen LogP) is 2.57. The molecule has 3 rings (SSSR count). The van der Waals surface area contributed by atoms with Crippen molar-refractivity contribution in [3.8, 4) is 11.4 Å². The predicted molar refractivity (Wildman–Crippen MR) is 82.1 cm³/mol. The Morgan fingerprint density at radius 1 is 1.24 bits per heavy atom. The number of rotatable bonds is 3. The highest BCUT2D eigenvalue weighted by atomic mass is 35.5. The van der Waals surface area contributed by atoms with Crippen LogP contribution in [0.5, 0.6) is 0 Å². The lowest BCUT2D eigenvalue weighted by molar-refractivity contribution is 0.149. The fraction of sp³-hybridized carbons (Fsp3) is 0.467. The van der Waals surface area contributed by atoms with Crippen molar-refractivity contribution in [2.45, 2.75) is 32.5 Å². The van der Waals surface area contributed by atoms with Gasteiger partial charge in [-0.15, -0.1) is 0 Å². The van der Waals surface area contributed by atoms with Crippen LogP contribution >= 0.6 is 11.6 Å². The molecule has 1 saturated heterocycles. The maximum atomic E-state index is 5.88. The topological polar surface area (TPSA) is 54.2 Å². The minimum absolute atomic E-state index is 0.479. The molecule has 2 unspecified atom stereocenters. The third-order valence-electron chi connectivity index (χ3n) is 3.56. The third-order valence-corrected chi connectivity index (χ3v) is 3.81. The van der Waals surface area contributed by atoms with Crippen LogP contribution in [0.1, 0.15) is 19.7 Å². The van der Waals surface area contributed by atoms with Gasteiger partial charge in [0.1, 0.15) is 0 Å². The first-order chi connectivity index (χ1) is 10.1. The van der Waals surface area contributed by atoms with Crippen molar-refractivity contribution in [3.63, 3.8) is 0 Å². The maximum Gasteiger partial charge on any atom is 0.241 e. The lowest BCUT2D eigenvalue weighted by Crippen LogP contribution is -2.53. The van der Waals surface area contributed by atoms with Gasteiger partial charge in [-0.05, 0) is 38.1 Å². The molecule has 1 N–H and O–H groups in total. The van der Waals surface area contributed by atoms with Crippen molar-refractivity contribution in [1.29, 1.82) is 0 Å². The van der Waals surface area contributed by atoms with E-state index in [9.17, 15) is 0 Å². The zero-order chi connectivity index (χ0) is 14.8. The van der Waals surface area contributed by atoms with E-state index in [1.165, 1.54) is 0 Å². The zero-order valence-corrected chi connectivity index (χ0v) is 13.0. The van der Waals surface area contributed by atoms with Crippen LogP contribution in [0.25, 0.3) is 11.4 Å². The highest BCUT2D eigenvalue weighted by Gasteiger charge is 2.22. The fourth-order valence-electron chi connectivity index (χ4n) is 2.80. The summed E-state index contributed by atoms with van der Waals surface area (Å²) in [7, 11) is 0. The summed E-state index contributed by atoms with van der Waals surface area (Å²) in [6, 6.07) is 8.40. The molecule has 0 amide bonds. The SMILES string of the molecule is CC1CN(Cc2nc(-c3ccc(Cl)cc3)no2)CC(C)N1. The summed E-state index contributed by atoms with van der Waals surface area (Å²) < 4.78 is 5.37. The normalized spacial score (nSPS) is 23.4. The van der Waals surface area contributed by atoms with Crippen molar-refractivity contribution in [2.24, 2.45) is 0 Å². The Morgan fingerprint density at radius 2 is 1.90 bits per heavy atom. The van der Waals surface area contributed by atoms with Crippen LogP contribution in [0.15, 0.2) is 28.8 Å². The molecule has 1 aromatic carbocycles. The molecule has 21 heavy (non-hydrogen) atoms. The molecule has 6 heteroatoms. The first-order valence-electron chi connectivity index (χ1n) is 7.17. The molecule has 1 aliphatic rings. The Morgan fingerprint density at radius 3 is 2.57 bits per heavy atom. The number of halogens is 1. The standard InChI is InChI=1S/C15H19ClN4O/c1-10-7-20(8-11(2)17-10)9-14-18-15(19-21-14)12-3-5-13(16)6-4-12/h3-6,10-11,17H,7-9H2,1-2H3. The Hall–Kier alpha value is -1.43. The Labute approximate surface area is 129 Å². The summed E-state index contributed by atoms with van der Waals surface area (Å²) in [5, 5.41) is 8.26. The van der Waals surface area contributed by atoms with E-state index in [1.54, 1.807) is 0 Å². The summed E-state index contributed by atoms with van der Waals surface area (Å²) in [5.41, 5.74) is 0.913.